The maximum atomic E-state index is 12.7. The minimum atomic E-state index is -0.0227. The second-order valence-corrected chi connectivity index (χ2v) is 8.61. The molecule has 0 aliphatic heterocycles. The molecule has 172 valence electrons. The van der Waals surface area contributed by atoms with E-state index >= 15 is 0 Å². The van der Waals surface area contributed by atoms with Crippen LogP contribution in [0.4, 0.5) is 17.5 Å². The van der Waals surface area contributed by atoms with Crippen molar-refractivity contribution in [2.75, 3.05) is 29.6 Å². The summed E-state index contributed by atoms with van der Waals surface area (Å²) in [5.74, 6) is 1.64. The van der Waals surface area contributed by atoms with E-state index in [2.05, 4.69) is 25.9 Å². The number of aryl methyl sites for hydroxylation is 1. The largest absolute Gasteiger partial charge is 0.362 e. The van der Waals surface area contributed by atoms with Crippen LogP contribution in [0.25, 0.3) is 0 Å². The average Bonchev–Trinajstić information content (AvgIpc) is 2.79. The van der Waals surface area contributed by atoms with Gasteiger partial charge in [-0.3, -0.25) is 9.59 Å². The Morgan fingerprint density at radius 2 is 1.91 bits per heavy atom. The minimum Gasteiger partial charge on any atom is -0.362 e. The fourth-order valence-corrected chi connectivity index (χ4v) is 3.98. The molecule has 8 nitrogen and oxygen atoms in total. The quantitative estimate of drug-likeness (QED) is 0.584. The summed E-state index contributed by atoms with van der Waals surface area (Å²) in [6, 6.07) is 7.87. The average molecular weight is 439 g/mol. The van der Waals surface area contributed by atoms with Crippen molar-refractivity contribution in [3.8, 4) is 0 Å². The van der Waals surface area contributed by atoms with Gasteiger partial charge >= 0.3 is 0 Å². The number of rotatable bonds is 8. The molecule has 2 aromatic rings. The maximum Gasteiger partial charge on any atom is 0.224 e. The van der Waals surface area contributed by atoms with E-state index in [9.17, 15) is 9.59 Å². The molecular weight excluding hydrogens is 404 g/mol. The number of carbonyl (C=O) groups excluding carboxylic acids is 2. The van der Waals surface area contributed by atoms with E-state index in [1.165, 1.54) is 0 Å². The maximum absolute atomic E-state index is 12.7. The lowest BCUT2D eigenvalue weighted by Gasteiger charge is -2.28. The molecule has 0 bridgehead atoms. The highest BCUT2D eigenvalue weighted by Crippen LogP contribution is 2.27. The molecule has 1 saturated carbocycles. The Labute approximate surface area is 190 Å². The molecule has 0 unspecified atom stereocenters. The first kappa shape index (κ1) is 23.5. The number of anilines is 3. The van der Waals surface area contributed by atoms with Gasteiger partial charge in [-0.05, 0) is 50.3 Å². The van der Waals surface area contributed by atoms with E-state index in [4.69, 9.17) is 0 Å². The fraction of sp³-hybridized carbons (Fsp3) is 0.500. The van der Waals surface area contributed by atoms with Crippen LogP contribution in [-0.2, 0) is 16.1 Å². The predicted molar refractivity (Wildman–Crippen MR) is 128 cm³/mol. The van der Waals surface area contributed by atoms with Crippen LogP contribution in [0.3, 0.4) is 0 Å². The standard InChI is InChI=1S/C24H34N6O2/c1-5-21(31)27-20-8-6-7-17(13-20)15-25-23(32)18-9-11-19(12-10-18)28-24-26-14-16(2)22(29-24)30(3)4/h6-8,13-14,18-19H,5,9-12,15H2,1-4H3,(H,25,32)(H,27,31)(H,26,28,29). The summed E-state index contributed by atoms with van der Waals surface area (Å²) in [5, 5.41) is 9.33. The van der Waals surface area contributed by atoms with Gasteiger partial charge in [0.25, 0.3) is 0 Å². The third-order valence-corrected chi connectivity index (χ3v) is 5.80. The zero-order valence-electron chi connectivity index (χ0n) is 19.4. The third kappa shape index (κ3) is 6.42. The summed E-state index contributed by atoms with van der Waals surface area (Å²) in [6.45, 7) is 4.27. The zero-order valence-corrected chi connectivity index (χ0v) is 19.4. The van der Waals surface area contributed by atoms with Gasteiger partial charge in [0.1, 0.15) is 5.82 Å². The lowest BCUT2D eigenvalue weighted by molar-refractivity contribution is -0.126. The van der Waals surface area contributed by atoms with Crippen molar-refractivity contribution in [2.24, 2.45) is 5.92 Å². The van der Waals surface area contributed by atoms with Crippen molar-refractivity contribution < 1.29 is 9.59 Å². The molecule has 1 aromatic heterocycles. The highest BCUT2D eigenvalue weighted by Gasteiger charge is 2.26. The lowest BCUT2D eigenvalue weighted by Crippen LogP contribution is -2.36. The highest BCUT2D eigenvalue weighted by molar-refractivity contribution is 5.90. The Kier molecular flexibility index (Phi) is 8.03. The summed E-state index contributed by atoms with van der Waals surface area (Å²) < 4.78 is 0. The molecule has 1 aromatic carbocycles. The van der Waals surface area contributed by atoms with Crippen LogP contribution in [0.1, 0.15) is 50.2 Å². The van der Waals surface area contributed by atoms with Crippen molar-refractivity contribution in [3.63, 3.8) is 0 Å². The first-order chi connectivity index (χ1) is 15.4. The Morgan fingerprint density at radius 1 is 1.16 bits per heavy atom. The molecule has 3 N–H and O–H groups in total. The van der Waals surface area contributed by atoms with Gasteiger partial charge in [-0.2, -0.15) is 4.98 Å². The number of nitrogens with zero attached hydrogens (tertiary/aromatic N) is 3. The molecule has 0 spiro atoms. The predicted octanol–water partition coefficient (Wildman–Crippen LogP) is 3.49. The van der Waals surface area contributed by atoms with Crippen LogP contribution in [0.15, 0.2) is 30.5 Å². The van der Waals surface area contributed by atoms with Crippen LogP contribution in [0.5, 0.6) is 0 Å². The van der Waals surface area contributed by atoms with Gasteiger partial charge in [0, 0.05) is 56.5 Å². The fourth-order valence-electron chi connectivity index (χ4n) is 3.98. The van der Waals surface area contributed by atoms with Crippen molar-refractivity contribution in [3.05, 3.63) is 41.6 Å². The molecule has 8 heteroatoms. The molecule has 32 heavy (non-hydrogen) atoms. The lowest BCUT2D eigenvalue weighted by atomic mass is 9.85. The number of aromatic nitrogens is 2. The van der Waals surface area contributed by atoms with Gasteiger partial charge in [-0.1, -0.05) is 19.1 Å². The van der Waals surface area contributed by atoms with Crippen LogP contribution >= 0.6 is 0 Å². The third-order valence-electron chi connectivity index (χ3n) is 5.80. The summed E-state index contributed by atoms with van der Waals surface area (Å²) >= 11 is 0. The molecule has 1 heterocycles. The molecule has 2 amide bonds. The normalized spacial score (nSPS) is 18.0. The Hall–Kier alpha value is -3.16. The van der Waals surface area contributed by atoms with Crippen molar-refractivity contribution >= 4 is 29.3 Å². The SMILES string of the molecule is CCC(=O)Nc1cccc(CNC(=O)C2CCC(Nc3ncc(C)c(N(C)C)n3)CC2)c1. The number of benzene rings is 1. The summed E-state index contributed by atoms with van der Waals surface area (Å²) in [7, 11) is 3.95. The second kappa shape index (κ2) is 10.9. The highest BCUT2D eigenvalue weighted by atomic mass is 16.2. The van der Waals surface area contributed by atoms with Crippen LogP contribution in [0, 0.1) is 12.8 Å². The number of hydrogen-bond donors (Lipinski definition) is 3. The summed E-state index contributed by atoms with van der Waals surface area (Å²) in [5.41, 5.74) is 2.76. The Morgan fingerprint density at radius 3 is 2.59 bits per heavy atom. The molecule has 3 rings (SSSR count). The van der Waals surface area contributed by atoms with Gasteiger partial charge in [0.2, 0.25) is 17.8 Å². The minimum absolute atomic E-state index is 0.0206. The van der Waals surface area contributed by atoms with E-state index in [1.54, 1.807) is 0 Å². The zero-order chi connectivity index (χ0) is 23.1. The van der Waals surface area contributed by atoms with E-state index in [1.807, 2.05) is 63.3 Å². The van der Waals surface area contributed by atoms with Gasteiger partial charge in [-0.25, -0.2) is 4.98 Å². The molecule has 1 aliphatic rings. The molecule has 0 saturated heterocycles. The Bertz CT molecular complexity index is 938. The molecule has 1 fully saturated rings. The summed E-state index contributed by atoms with van der Waals surface area (Å²) in [6.07, 6.45) is 5.76. The molecule has 0 radical (unpaired) electrons. The first-order valence-electron chi connectivity index (χ1n) is 11.3. The number of carbonyl (C=O) groups is 2. The van der Waals surface area contributed by atoms with E-state index in [-0.39, 0.29) is 23.8 Å². The molecular formula is C24H34N6O2. The second-order valence-electron chi connectivity index (χ2n) is 8.61. The first-order valence-corrected chi connectivity index (χ1v) is 11.3. The van der Waals surface area contributed by atoms with E-state index in [0.29, 0.717) is 18.9 Å². The Balaban J connectivity index is 1.46. The summed E-state index contributed by atoms with van der Waals surface area (Å²) in [4.78, 5) is 35.2. The topological polar surface area (TPSA) is 99.2 Å². The van der Waals surface area contributed by atoms with E-state index < -0.39 is 0 Å². The van der Waals surface area contributed by atoms with Crippen molar-refractivity contribution in [2.45, 2.75) is 58.5 Å². The van der Waals surface area contributed by atoms with Crippen molar-refractivity contribution in [1.29, 1.82) is 0 Å². The monoisotopic (exact) mass is 438 g/mol. The molecule has 0 atom stereocenters. The number of amides is 2. The van der Waals surface area contributed by atoms with Crippen LogP contribution in [-0.4, -0.2) is 41.9 Å². The number of hydrogen-bond acceptors (Lipinski definition) is 6. The van der Waals surface area contributed by atoms with Gasteiger partial charge in [-0.15, -0.1) is 0 Å². The van der Waals surface area contributed by atoms with Crippen molar-refractivity contribution in [1.82, 2.24) is 15.3 Å². The van der Waals surface area contributed by atoms with E-state index in [0.717, 1.165) is 48.3 Å². The van der Waals surface area contributed by atoms with Gasteiger partial charge in [0.15, 0.2) is 0 Å². The van der Waals surface area contributed by atoms with Crippen LogP contribution < -0.4 is 20.9 Å². The van der Waals surface area contributed by atoms with Gasteiger partial charge < -0.3 is 20.9 Å². The number of nitrogens with one attached hydrogen (secondary N) is 3. The van der Waals surface area contributed by atoms with Crippen LogP contribution in [0.2, 0.25) is 0 Å². The molecule has 1 aliphatic carbocycles. The van der Waals surface area contributed by atoms with Gasteiger partial charge in [0.05, 0.1) is 0 Å². The smallest absolute Gasteiger partial charge is 0.224 e.